The summed E-state index contributed by atoms with van der Waals surface area (Å²) in [7, 11) is 0. The number of nitrogens with two attached hydrogens (primary N) is 2. The molecule has 5 N–H and O–H groups in total. The Morgan fingerprint density at radius 3 is 2.17 bits per heavy atom. The van der Waals surface area contributed by atoms with Crippen molar-refractivity contribution in [3.05, 3.63) is 92.4 Å². The lowest BCUT2D eigenvalue weighted by Crippen LogP contribution is -2.20. The minimum absolute atomic E-state index is 0.0203. The monoisotopic (exact) mass is 581 g/mol. The maximum Gasteiger partial charge on any atom is 0.354 e. The largest absolute Gasteiger partial charge is 0.354 e. The lowest BCUT2D eigenvalue weighted by atomic mass is 9.85. The molecule has 2 aromatic heterocycles. The molecule has 0 aliphatic heterocycles. The molecule has 0 aliphatic rings. The number of halogens is 2. The van der Waals surface area contributed by atoms with Crippen molar-refractivity contribution >= 4 is 22.6 Å². The molecule has 0 fully saturated rings. The Morgan fingerprint density at radius 1 is 1.00 bits per heavy atom. The molecule has 0 radical (unpaired) electrons. The van der Waals surface area contributed by atoms with E-state index in [0.717, 1.165) is 47.2 Å². The van der Waals surface area contributed by atoms with Gasteiger partial charge in [0.15, 0.2) is 0 Å². The van der Waals surface area contributed by atoms with E-state index in [1.807, 2.05) is 71.1 Å². The topological polar surface area (TPSA) is 103 Å². The minimum Gasteiger partial charge on any atom is -0.343 e. The molecule has 41 heavy (non-hydrogen) atoms. The standard InChI is InChI=1S/C18H22N4O.C15H23ClFN/c1-11(19)12-5-7-14(8-6-12)22-10-13-9-15(18(2,3)4)20-16(13)21-17(22)23;1-10(18)6-5-7-11-8-12(15(2,3)4)14(17)13(16)9-11/h5-11H,19H2,1-4H3,(H,20,21,23);8-10H,5-7,18H2,1-4H3/t11-;10-/m10/s1. The normalized spacial score (nSPS) is 13.6. The summed E-state index contributed by atoms with van der Waals surface area (Å²) < 4.78 is 15.5. The second-order valence-corrected chi connectivity index (χ2v) is 13.5. The molecule has 8 heteroatoms. The zero-order chi connectivity index (χ0) is 30.7. The Hall–Kier alpha value is -3.00. The van der Waals surface area contributed by atoms with Crippen LogP contribution in [0.15, 0.2) is 53.5 Å². The molecule has 0 amide bonds. The van der Waals surface area contributed by atoms with Crippen LogP contribution >= 0.6 is 11.6 Å². The number of aromatic nitrogens is 3. The smallest absolute Gasteiger partial charge is 0.343 e. The van der Waals surface area contributed by atoms with Gasteiger partial charge in [-0.1, -0.05) is 71.3 Å². The molecule has 0 saturated carbocycles. The number of aromatic amines is 1. The Kier molecular flexibility index (Phi) is 10.2. The van der Waals surface area contributed by atoms with Gasteiger partial charge in [0.2, 0.25) is 0 Å². The minimum atomic E-state index is -0.298. The molecule has 0 spiro atoms. The number of fused-ring (bicyclic) bond motifs is 1. The van der Waals surface area contributed by atoms with Crippen molar-refractivity contribution in [2.24, 2.45) is 11.5 Å². The first-order valence-electron chi connectivity index (χ1n) is 14.2. The predicted octanol–water partition coefficient (Wildman–Crippen LogP) is 7.48. The van der Waals surface area contributed by atoms with Crippen LogP contribution < -0.4 is 17.2 Å². The summed E-state index contributed by atoms with van der Waals surface area (Å²) in [4.78, 5) is 19.7. The van der Waals surface area contributed by atoms with Crippen LogP contribution in [0.5, 0.6) is 0 Å². The Balaban J connectivity index is 0.000000233. The van der Waals surface area contributed by atoms with E-state index in [2.05, 4.69) is 36.8 Å². The molecule has 0 unspecified atom stereocenters. The third-order valence-electron chi connectivity index (χ3n) is 7.03. The van der Waals surface area contributed by atoms with E-state index in [9.17, 15) is 9.18 Å². The van der Waals surface area contributed by atoms with Gasteiger partial charge in [-0.25, -0.2) is 9.18 Å². The molecule has 4 aromatic rings. The number of benzene rings is 2. The first kappa shape index (κ1) is 32.5. The quantitative estimate of drug-likeness (QED) is 0.220. The number of hydrogen-bond acceptors (Lipinski definition) is 4. The van der Waals surface area contributed by atoms with Gasteiger partial charge in [0, 0.05) is 34.8 Å². The van der Waals surface area contributed by atoms with E-state index in [1.54, 1.807) is 10.6 Å². The van der Waals surface area contributed by atoms with Crippen molar-refractivity contribution in [3.8, 4) is 5.69 Å². The zero-order valence-electron chi connectivity index (χ0n) is 25.6. The lowest BCUT2D eigenvalue weighted by molar-refractivity contribution is 0.521. The van der Waals surface area contributed by atoms with E-state index in [-0.39, 0.29) is 39.4 Å². The van der Waals surface area contributed by atoms with Gasteiger partial charge in [-0.05, 0) is 79.5 Å². The van der Waals surface area contributed by atoms with Crippen LogP contribution in [0.1, 0.15) is 96.7 Å². The zero-order valence-corrected chi connectivity index (χ0v) is 26.4. The number of nitrogens with one attached hydrogen (secondary N) is 1. The molecule has 222 valence electrons. The summed E-state index contributed by atoms with van der Waals surface area (Å²) in [6.45, 7) is 16.3. The highest BCUT2D eigenvalue weighted by atomic mass is 35.5. The van der Waals surface area contributed by atoms with Gasteiger partial charge in [0.05, 0.1) is 10.7 Å². The maximum atomic E-state index is 14.0. The fourth-order valence-corrected chi connectivity index (χ4v) is 4.73. The second kappa shape index (κ2) is 12.9. The summed E-state index contributed by atoms with van der Waals surface area (Å²) in [5.41, 5.74) is 16.3. The van der Waals surface area contributed by atoms with Crippen molar-refractivity contribution in [1.29, 1.82) is 0 Å². The van der Waals surface area contributed by atoms with Gasteiger partial charge in [0.25, 0.3) is 0 Å². The SMILES string of the molecule is C[C@@H](N)c1ccc(-n2cc3cc(C(C)(C)C)[nH]c3nc2=O)cc1.C[C@H](N)CCCc1cc(Cl)c(F)c(C(C)(C)C)c1. The van der Waals surface area contributed by atoms with Gasteiger partial charge in [-0.3, -0.25) is 4.57 Å². The van der Waals surface area contributed by atoms with Crippen molar-refractivity contribution in [1.82, 2.24) is 14.5 Å². The summed E-state index contributed by atoms with van der Waals surface area (Å²) in [6, 6.07) is 13.6. The van der Waals surface area contributed by atoms with E-state index < -0.39 is 0 Å². The first-order valence-corrected chi connectivity index (χ1v) is 14.6. The molecule has 2 atom stereocenters. The molecule has 0 aliphatic carbocycles. The third-order valence-corrected chi connectivity index (χ3v) is 7.31. The Morgan fingerprint density at radius 2 is 1.63 bits per heavy atom. The van der Waals surface area contributed by atoms with Crippen LogP contribution in [-0.2, 0) is 17.3 Å². The molecule has 2 aromatic carbocycles. The Bertz CT molecular complexity index is 1520. The van der Waals surface area contributed by atoms with Crippen LogP contribution in [0.2, 0.25) is 5.02 Å². The number of nitrogens with zero attached hydrogens (tertiary/aromatic N) is 2. The van der Waals surface area contributed by atoms with Crippen molar-refractivity contribution in [2.75, 3.05) is 0 Å². The van der Waals surface area contributed by atoms with Gasteiger partial charge in [-0.2, -0.15) is 4.98 Å². The Labute approximate surface area is 248 Å². The molecule has 4 rings (SSSR count). The fraction of sp³-hybridized carbons (Fsp3) is 0.455. The molecular weight excluding hydrogens is 537 g/mol. The van der Waals surface area contributed by atoms with Crippen LogP contribution in [-0.4, -0.2) is 20.6 Å². The highest BCUT2D eigenvalue weighted by Crippen LogP contribution is 2.31. The summed E-state index contributed by atoms with van der Waals surface area (Å²) in [5.74, 6) is -0.292. The van der Waals surface area contributed by atoms with Crippen LogP contribution in [0.3, 0.4) is 0 Å². The first-order chi connectivity index (χ1) is 19.0. The number of aryl methyl sites for hydroxylation is 1. The second-order valence-electron chi connectivity index (χ2n) is 13.1. The highest BCUT2D eigenvalue weighted by molar-refractivity contribution is 6.30. The summed E-state index contributed by atoms with van der Waals surface area (Å²) in [5, 5.41) is 1.14. The molecule has 0 bridgehead atoms. The van der Waals surface area contributed by atoms with Gasteiger partial charge in [-0.15, -0.1) is 0 Å². The molecule has 6 nitrogen and oxygen atoms in total. The maximum absolute atomic E-state index is 14.0. The fourth-order valence-electron chi connectivity index (χ4n) is 4.49. The lowest BCUT2D eigenvalue weighted by Gasteiger charge is -2.21. The van der Waals surface area contributed by atoms with Gasteiger partial charge < -0.3 is 16.5 Å². The highest BCUT2D eigenvalue weighted by Gasteiger charge is 2.21. The predicted molar refractivity (Wildman–Crippen MR) is 170 cm³/mol. The van der Waals surface area contributed by atoms with Crippen molar-refractivity contribution < 1.29 is 4.39 Å². The van der Waals surface area contributed by atoms with Gasteiger partial charge in [0.1, 0.15) is 11.5 Å². The average molecular weight is 582 g/mol. The van der Waals surface area contributed by atoms with E-state index in [1.165, 1.54) is 0 Å². The van der Waals surface area contributed by atoms with Crippen LogP contribution in [0.25, 0.3) is 16.7 Å². The number of hydrogen-bond donors (Lipinski definition) is 3. The van der Waals surface area contributed by atoms with E-state index in [0.29, 0.717) is 11.2 Å². The van der Waals surface area contributed by atoms with E-state index >= 15 is 0 Å². The molecule has 0 saturated heterocycles. The van der Waals surface area contributed by atoms with Crippen molar-refractivity contribution in [3.63, 3.8) is 0 Å². The molecular formula is C33H45ClFN5O. The van der Waals surface area contributed by atoms with Crippen LogP contribution in [0, 0.1) is 5.82 Å². The van der Waals surface area contributed by atoms with Crippen molar-refractivity contribution in [2.45, 2.75) is 97.6 Å². The summed E-state index contributed by atoms with van der Waals surface area (Å²) >= 11 is 5.97. The van der Waals surface area contributed by atoms with E-state index in [4.69, 9.17) is 23.1 Å². The number of H-pyrrole nitrogens is 1. The van der Waals surface area contributed by atoms with Gasteiger partial charge >= 0.3 is 5.69 Å². The summed E-state index contributed by atoms with van der Waals surface area (Å²) in [6.07, 6.45) is 4.70. The van der Waals surface area contributed by atoms with Crippen LogP contribution in [0.4, 0.5) is 4.39 Å². The molecule has 2 heterocycles. The average Bonchev–Trinajstić information content (AvgIpc) is 3.28. The third kappa shape index (κ3) is 8.51. The number of rotatable bonds is 6.